The van der Waals surface area contributed by atoms with Gasteiger partial charge < -0.3 is 19.6 Å². The summed E-state index contributed by atoms with van der Waals surface area (Å²) in [5.74, 6) is -1.93. The number of ether oxygens (including phenoxy) is 1. The molecule has 3 aliphatic rings. The van der Waals surface area contributed by atoms with E-state index < -0.39 is 28.7 Å². The van der Waals surface area contributed by atoms with E-state index >= 15 is 0 Å². The topological polar surface area (TPSA) is 87.2 Å². The van der Waals surface area contributed by atoms with Crippen LogP contribution in [-0.4, -0.2) is 74.5 Å². The lowest BCUT2D eigenvalue weighted by Crippen LogP contribution is -2.58. The minimum absolute atomic E-state index is 0.0348. The van der Waals surface area contributed by atoms with Gasteiger partial charge in [-0.15, -0.1) is 18.3 Å². The van der Waals surface area contributed by atoms with Crippen molar-refractivity contribution in [1.29, 1.82) is 0 Å². The standard InChI is InChI=1S/C29H39BrN2O5S/c1-7-11-31(21-13-17(5)9-10-18(21)6)27(35)25-29-14-20(30)24(38-29)22(28(36)37-8-2)23(29)26(34)32(25)19(15-33)12-16(3)4/h7,9-10,13,16,19-20,22-25,33H,1,8,11-12,14-15H2,2-6H3/t19-,20?,22-,23+,24-,25?,29?/m1/s1. The molecule has 7 atom stereocenters. The average Bonchev–Trinajstić information content (AvgIpc) is 3.45. The lowest BCUT2D eigenvalue weighted by molar-refractivity contribution is -0.154. The molecule has 0 radical (unpaired) electrons. The molecule has 3 fully saturated rings. The number of aliphatic hydroxyl groups excluding tert-OH is 1. The lowest BCUT2D eigenvalue weighted by atomic mass is 9.71. The molecule has 4 rings (SSSR count). The van der Waals surface area contributed by atoms with Crippen LogP contribution in [0.1, 0.15) is 44.7 Å². The van der Waals surface area contributed by atoms with Crippen LogP contribution in [0.15, 0.2) is 30.9 Å². The number of aliphatic hydroxyl groups is 1. The number of nitrogens with zero attached hydrogens (tertiary/aromatic N) is 2. The van der Waals surface area contributed by atoms with Crippen LogP contribution in [0.25, 0.3) is 0 Å². The normalized spacial score (nSPS) is 30.5. The van der Waals surface area contributed by atoms with Crippen molar-refractivity contribution in [3.63, 3.8) is 0 Å². The van der Waals surface area contributed by atoms with Gasteiger partial charge in [-0.2, -0.15) is 0 Å². The second kappa shape index (κ2) is 11.3. The van der Waals surface area contributed by atoms with Gasteiger partial charge in [-0.3, -0.25) is 14.4 Å². The van der Waals surface area contributed by atoms with Crippen LogP contribution < -0.4 is 4.90 Å². The Hall–Kier alpha value is -1.84. The highest BCUT2D eigenvalue weighted by atomic mass is 79.9. The molecule has 0 saturated carbocycles. The van der Waals surface area contributed by atoms with Crippen molar-refractivity contribution in [2.75, 3.05) is 24.7 Å². The molecule has 3 saturated heterocycles. The summed E-state index contributed by atoms with van der Waals surface area (Å²) in [5.41, 5.74) is 2.75. The molecule has 38 heavy (non-hydrogen) atoms. The number of benzene rings is 1. The quantitative estimate of drug-likeness (QED) is 0.243. The molecule has 7 nitrogen and oxygen atoms in total. The van der Waals surface area contributed by atoms with E-state index in [9.17, 15) is 19.5 Å². The van der Waals surface area contributed by atoms with Crippen molar-refractivity contribution in [2.24, 2.45) is 17.8 Å². The Kier molecular flexibility index (Phi) is 8.70. The number of halogens is 1. The van der Waals surface area contributed by atoms with Gasteiger partial charge >= 0.3 is 5.97 Å². The molecule has 3 heterocycles. The molecule has 9 heteroatoms. The second-order valence-corrected chi connectivity index (χ2v) is 13.9. The third-order valence-electron chi connectivity index (χ3n) is 8.10. The van der Waals surface area contributed by atoms with Gasteiger partial charge in [0.25, 0.3) is 5.91 Å². The summed E-state index contributed by atoms with van der Waals surface area (Å²) in [7, 11) is 0. The first-order valence-electron chi connectivity index (χ1n) is 13.4. The molecule has 1 aromatic rings. The Morgan fingerprint density at radius 1 is 1.37 bits per heavy atom. The van der Waals surface area contributed by atoms with E-state index in [1.165, 1.54) is 0 Å². The summed E-state index contributed by atoms with van der Waals surface area (Å²) in [6.07, 6.45) is 2.83. The van der Waals surface area contributed by atoms with Crippen molar-refractivity contribution in [1.82, 2.24) is 4.90 Å². The van der Waals surface area contributed by atoms with E-state index in [0.29, 0.717) is 12.8 Å². The number of fused-ring (bicyclic) bond motifs is 1. The summed E-state index contributed by atoms with van der Waals surface area (Å²) < 4.78 is 4.65. The number of hydrogen-bond donors (Lipinski definition) is 1. The highest BCUT2D eigenvalue weighted by Crippen LogP contribution is 2.68. The SMILES string of the molecule is C=CCN(C(=O)C1N([C@@H](CO)CC(C)C)C(=O)[C@@H]2[C@@H](C(=O)OCC)[C@@H]3SC12CC3Br)c1cc(C)ccc1C. The highest BCUT2D eigenvalue weighted by Gasteiger charge is 2.76. The van der Waals surface area contributed by atoms with E-state index in [4.69, 9.17) is 4.74 Å². The zero-order chi connectivity index (χ0) is 27.9. The molecule has 3 aliphatic heterocycles. The fourth-order valence-corrected chi connectivity index (χ4v) is 10.2. The molecular formula is C29H39BrN2O5S. The third-order valence-corrected chi connectivity index (χ3v) is 11.3. The van der Waals surface area contributed by atoms with Gasteiger partial charge in [-0.25, -0.2) is 0 Å². The summed E-state index contributed by atoms with van der Waals surface area (Å²) in [4.78, 5) is 45.6. The number of esters is 1. The largest absolute Gasteiger partial charge is 0.466 e. The molecule has 0 aromatic heterocycles. The molecule has 208 valence electrons. The molecular weight excluding hydrogens is 568 g/mol. The van der Waals surface area contributed by atoms with E-state index in [1.54, 1.807) is 34.6 Å². The molecule has 1 aromatic carbocycles. The molecule has 1 spiro atoms. The number of carbonyl (C=O) groups excluding carboxylic acids is 3. The van der Waals surface area contributed by atoms with Gasteiger partial charge in [0.05, 0.1) is 35.8 Å². The van der Waals surface area contributed by atoms with Gasteiger partial charge in [-0.05, 0) is 56.7 Å². The number of carbonyl (C=O) groups is 3. The van der Waals surface area contributed by atoms with Crippen LogP contribution in [0, 0.1) is 31.6 Å². The number of alkyl halides is 1. The Labute approximate surface area is 238 Å². The maximum atomic E-state index is 14.8. The summed E-state index contributed by atoms with van der Waals surface area (Å²) in [6.45, 7) is 13.9. The minimum atomic E-state index is -0.828. The number of thioether (sulfide) groups is 1. The van der Waals surface area contributed by atoms with E-state index in [0.717, 1.165) is 16.8 Å². The Balaban J connectivity index is 1.87. The Morgan fingerprint density at radius 2 is 2.08 bits per heavy atom. The fraction of sp³-hybridized carbons (Fsp3) is 0.621. The van der Waals surface area contributed by atoms with Crippen LogP contribution in [0.3, 0.4) is 0 Å². The summed E-state index contributed by atoms with van der Waals surface area (Å²) >= 11 is 5.37. The molecule has 2 amide bonds. The molecule has 3 unspecified atom stereocenters. The van der Waals surface area contributed by atoms with Crippen LogP contribution in [0.2, 0.25) is 0 Å². The van der Waals surface area contributed by atoms with Crippen LogP contribution in [0.4, 0.5) is 5.69 Å². The first-order chi connectivity index (χ1) is 18.0. The molecule has 1 N–H and O–H groups in total. The second-order valence-electron chi connectivity index (χ2n) is 11.2. The predicted molar refractivity (Wildman–Crippen MR) is 154 cm³/mol. The van der Waals surface area contributed by atoms with Crippen molar-refractivity contribution < 1.29 is 24.2 Å². The minimum Gasteiger partial charge on any atom is -0.466 e. The van der Waals surface area contributed by atoms with Gasteiger partial charge in [-0.1, -0.05) is 48.0 Å². The summed E-state index contributed by atoms with van der Waals surface area (Å²) in [5, 5.41) is 10.3. The number of likely N-dealkylation sites (tertiary alicyclic amines) is 1. The van der Waals surface area contributed by atoms with Gasteiger partial charge in [0.2, 0.25) is 5.91 Å². The number of aryl methyl sites for hydroxylation is 2. The lowest BCUT2D eigenvalue weighted by Gasteiger charge is -2.40. The number of amides is 2. The zero-order valence-electron chi connectivity index (χ0n) is 22.9. The third kappa shape index (κ3) is 4.73. The highest BCUT2D eigenvalue weighted by molar-refractivity contribution is 9.09. The van der Waals surface area contributed by atoms with E-state index in [2.05, 4.69) is 22.5 Å². The fourth-order valence-electron chi connectivity index (χ4n) is 6.66. The van der Waals surface area contributed by atoms with Crippen LogP contribution in [0.5, 0.6) is 0 Å². The number of hydrogen-bond acceptors (Lipinski definition) is 6. The van der Waals surface area contributed by atoms with Crippen molar-refractivity contribution in [3.05, 3.63) is 42.0 Å². The molecule has 0 aliphatic carbocycles. The number of anilines is 1. The Morgan fingerprint density at radius 3 is 2.68 bits per heavy atom. The average molecular weight is 608 g/mol. The Bertz CT molecular complexity index is 1110. The maximum absolute atomic E-state index is 14.8. The first-order valence-corrected chi connectivity index (χ1v) is 15.2. The first kappa shape index (κ1) is 29.2. The smallest absolute Gasteiger partial charge is 0.310 e. The van der Waals surface area contributed by atoms with Crippen molar-refractivity contribution >= 4 is 51.2 Å². The van der Waals surface area contributed by atoms with E-state index in [1.807, 2.05) is 45.9 Å². The van der Waals surface area contributed by atoms with E-state index in [-0.39, 0.29) is 53.5 Å². The summed E-state index contributed by atoms with van der Waals surface area (Å²) in [6, 6.07) is 4.62. The van der Waals surface area contributed by atoms with Crippen LogP contribution in [-0.2, 0) is 19.1 Å². The maximum Gasteiger partial charge on any atom is 0.310 e. The zero-order valence-corrected chi connectivity index (χ0v) is 25.3. The van der Waals surface area contributed by atoms with Gasteiger partial charge in [0, 0.05) is 22.3 Å². The van der Waals surface area contributed by atoms with Crippen molar-refractivity contribution in [3.8, 4) is 0 Å². The van der Waals surface area contributed by atoms with Gasteiger partial charge in [0.1, 0.15) is 6.04 Å². The van der Waals surface area contributed by atoms with Crippen molar-refractivity contribution in [2.45, 2.75) is 74.4 Å². The van der Waals surface area contributed by atoms with Gasteiger partial charge in [0.15, 0.2) is 0 Å². The molecule has 2 bridgehead atoms. The monoisotopic (exact) mass is 606 g/mol. The predicted octanol–water partition coefficient (Wildman–Crippen LogP) is 4.26. The number of rotatable bonds is 10. The van der Waals surface area contributed by atoms with Crippen LogP contribution >= 0.6 is 27.7 Å².